The van der Waals surface area contributed by atoms with Crippen LogP contribution in [0.25, 0.3) is 5.69 Å². The number of anilines is 1. The lowest BCUT2D eigenvalue weighted by Gasteiger charge is -2.12. The van der Waals surface area contributed by atoms with Crippen LogP contribution in [0, 0.1) is 6.92 Å². The molecule has 2 aromatic heterocycles. The van der Waals surface area contributed by atoms with E-state index in [9.17, 15) is 18.0 Å². The van der Waals surface area contributed by atoms with Crippen molar-refractivity contribution in [1.82, 2.24) is 14.2 Å². The summed E-state index contributed by atoms with van der Waals surface area (Å²) in [5.41, 5.74) is -0.931. The lowest BCUT2D eigenvalue weighted by molar-refractivity contribution is -0.143. The Morgan fingerprint density at radius 3 is 2.52 bits per heavy atom. The van der Waals surface area contributed by atoms with Gasteiger partial charge in [-0.25, -0.2) is 4.68 Å². The minimum absolute atomic E-state index is 0.143. The van der Waals surface area contributed by atoms with Gasteiger partial charge in [-0.05, 0) is 48.8 Å². The average molecular weight is 387 g/mol. The van der Waals surface area contributed by atoms with Crippen molar-refractivity contribution >= 4 is 34.0 Å². The third kappa shape index (κ3) is 3.67. The first-order valence-corrected chi connectivity index (χ1v) is 8.06. The fraction of sp³-hybridized carbons (Fsp3) is 0.133. The van der Waals surface area contributed by atoms with Crippen LogP contribution in [0.2, 0.25) is 5.02 Å². The molecule has 1 aromatic carbocycles. The highest BCUT2D eigenvalue weighted by Gasteiger charge is 2.40. The molecule has 1 amide bonds. The van der Waals surface area contributed by atoms with Crippen LogP contribution in [0.5, 0.6) is 0 Å². The molecule has 130 valence electrons. The summed E-state index contributed by atoms with van der Waals surface area (Å²) in [5.74, 6) is -0.906. The van der Waals surface area contributed by atoms with Crippen LogP contribution in [0.15, 0.2) is 36.5 Å². The van der Waals surface area contributed by atoms with E-state index in [0.717, 1.165) is 17.7 Å². The second-order valence-electron chi connectivity index (χ2n) is 5.08. The van der Waals surface area contributed by atoms with Gasteiger partial charge in [0.2, 0.25) is 0 Å². The van der Waals surface area contributed by atoms with Crippen LogP contribution in [0.1, 0.15) is 21.7 Å². The quantitative estimate of drug-likeness (QED) is 0.717. The molecule has 0 saturated heterocycles. The van der Waals surface area contributed by atoms with Crippen molar-refractivity contribution in [3.8, 4) is 5.69 Å². The number of benzene rings is 1. The minimum atomic E-state index is -4.77. The van der Waals surface area contributed by atoms with Crippen molar-refractivity contribution in [1.29, 1.82) is 0 Å². The van der Waals surface area contributed by atoms with Gasteiger partial charge in [0.05, 0.1) is 23.1 Å². The summed E-state index contributed by atoms with van der Waals surface area (Å²) in [6.45, 7) is 1.71. The molecule has 2 heterocycles. The van der Waals surface area contributed by atoms with Gasteiger partial charge in [-0.1, -0.05) is 11.6 Å². The Hall–Kier alpha value is -2.39. The number of hydrogen-bond acceptors (Lipinski definition) is 4. The number of rotatable bonds is 3. The van der Waals surface area contributed by atoms with E-state index in [1.807, 2.05) is 0 Å². The van der Waals surface area contributed by atoms with Gasteiger partial charge in [0, 0.05) is 5.02 Å². The predicted octanol–water partition coefficient (Wildman–Crippen LogP) is 4.56. The van der Waals surface area contributed by atoms with Crippen molar-refractivity contribution in [2.24, 2.45) is 0 Å². The van der Waals surface area contributed by atoms with Crippen LogP contribution in [-0.4, -0.2) is 20.1 Å². The third-order valence-corrected chi connectivity index (χ3v) is 4.27. The zero-order valence-corrected chi connectivity index (χ0v) is 14.2. The molecule has 3 rings (SSSR count). The first-order chi connectivity index (χ1) is 11.8. The molecule has 0 aliphatic rings. The highest BCUT2D eigenvalue weighted by atomic mass is 35.5. The van der Waals surface area contributed by atoms with E-state index in [2.05, 4.69) is 14.8 Å². The molecule has 0 radical (unpaired) electrons. The molecule has 0 unspecified atom stereocenters. The molecule has 3 aromatic rings. The van der Waals surface area contributed by atoms with Gasteiger partial charge in [-0.15, -0.1) is 0 Å². The Kier molecular flexibility index (Phi) is 4.53. The minimum Gasteiger partial charge on any atom is -0.312 e. The number of nitrogens with one attached hydrogen (secondary N) is 1. The van der Waals surface area contributed by atoms with E-state index in [4.69, 9.17) is 11.6 Å². The summed E-state index contributed by atoms with van der Waals surface area (Å²) < 4.78 is 45.2. The first kappa shape index (κ1) is 17.4. The zero-order valence-electron chi connectivity index (χ0n) is 12.6. The number of carbonyl (C=O) groups excluding carboxylic acids is 1. The summed E-state index contributed by atoms with van der Waals surface area (Å²) >= 11 is 6.74. The maximum absolute atomic E-state index is 13.5. The lowest BCUT2D eigenvalue weighted by Crippen LogP contribution is -2.20. The van der Waals surface area contributed by atoms with Gasteiger partial charge >= 0.3 is 6.18 Å². The molecule has 0 atom stereocenters. The molecular formula is C15H10ClF3N4OS. The largest absolute Gasteiger partial charge is 0.434 e. The third-order valence-electron chi connectivity index (χ3n) is 3.22. The van der Waals surface area contributed by atoms with Crippen molar-refractivity contribution < 1.29 is 18.0 Å². The van der Waals surface area contributed by atoms with E-state index in [1.165, 1.54) is 24.3 Å². The lowest BCUT2D eigenvalue weighted by atomic mass is 10.2. The molecule has 0 spiro atoms. The summed E-state index contributed by atoms with van der Waals surface area (Å²) in [4.78, 5) is 12.3. The van der Waals surface area contributed by atoms with E-state index >= 15 is 0 Å². The van der Waals surface area contributed by atoms with Crippen molar-refractivity contribution in [3.05, 3.63) is 58.5 Å². The number of halogens is 4. The molecule has 0 bridgehead atoms. The summed E-state index contributed by atoms with van der Waals surface area (Å²) in [6, 6.07) is 7.23. The molecular weight excluding hydrogens is 377 g/mol. The second-order valence-corrected chi connectivity index (χ2v) is 6.32. The zero-order chi connectivity index (χ0) is 18.2. The standard InChI is InChI=1S/C15H10ClF3N4OS/c1-8-6-12(25-22-8)21-14(24)11-7-20-23(13(11)15(17,18)19)10-4-2-9(16)3-5-10/h2-7H,1H3,(H,21,24). The number of aryl methyl sites for hydroxylation is 1. The Balaban J connectivity index is 2.02. The van der Waals surface area contributed by atoms with Crippen molar-refractivity contribution in [2.75, 3.05) is 5.32 Å². The van der Waals surface area contributed by atoms with Crippen molar-refractivity contribution in [3.63, 3.8) is 0 Å². The number of carbonyl (C=O) groups is 1. The van der Waals surface area contributed by atoms with Crippen LogP contribution in [-0.2, 0) is 6.18 Å². The van der Waals surface area contributed by atoms with Gasteiger partial charge in [0.25, 0.3) is 5.91 Å². The van der Waals surface area contributed by atoms with Gasteiger partial charge in [-0.3, -0.25) is 4.79 Å². The van der Waals surface area contributed by atoms with E-state index in [1.54, 1.807) is 13.0 Å². The van der Waals surface area contributed by atoms with Gasteiger partial charge in [-0.2, -0.15) is 22.6 Å². The molecule has 0 aliphatic carbocycles. The number of alkyl halides is 3. The fourth-order valence-corrected chi connectivity index (χ4v) is 2.95. The normalized spacial score (nSPS) is 11.6. The van der Waals surface area contributed by atoms with Crippen LogP contribution < -0.4 is 5.32 Å². The average Bonchev–Trinajstić information content (AvgIpc) is 3.14. The van der Waals surface area contributed by atoms with E-state index in [-0.39, 0.29) is 5.69 Å². The molecule has 25 heavy (non-hydrogen) atoms. The number of nitrogens with zero attached hydrogens (tertiary/aromatic N) is 3. The maximum Gasteiger partial charge on any atom is 0.434 e. The molecule has 5 nitrogen and oxygen atoms in total. The van der Waals surface area contributed by atoms with Gasteiger partial charge in [0.1, 0.15) is 5.00 Å². The fourth-order valence-electron chi connectivity index (χ4n) is 2.17. The molecule has 10 heteroatoms. The molecule has 1 N–H and O–H groups in total. The summed E-state index contributed by atoms with van der Waals surface area (Å²) in [6.07, 6.45) is -3.88. The van der Waals surface area contributed by atoms with Crippen LogP contribution in [0.4, 0.5) is 18.2 Å². The number of hydrogen-bond donors (Lipinski definition) is 1. The molecule has 0 fully saturated rings. The van der Waals surface area contributed by atoms with Gasteiger partial charge in [0.15, 0.2) is 5.69 Å². The highest BCUT2D eigenvalue weighted by molar-refractivity contribution is 7.10. The van der Waals surface area contributed by atoms with Crippen LogP contribution >= 0.6 is 23.1 Å². The Morgan fingerprint density at radius 1 is 1.28 bits per heavy atom. The number of aromatic nitrogens is 3. The number of amides is 1. The molecule has 0 saturated carbocycles. The predicted molar refractivity (Wildman–Crippen MR) is 88.4 cm³/mol. The van der Waals surface area contributed by atoms with E-state index < -0.39 is 23.3 Å². The Bertz CT molecular complexity index is 918. The molecule has 0 aliphatic heterocycles. The first-order valence-electron chi connectivity index (χ1n) is 6.91. The second kappa shape index (κ2) is 6.49. The summed E-state index contributed by atoms with van der Waals surface area (Å²) in [5, 5.41) is 6.87. The van der Waals surface area contributed by atoms with Gasteiger partial charge < -0.3 is 5.32 Å². The Morgan fingerprint density at radius 2 is 1.96 bits per heavy atom. The maximum atomic E-state index is 13.5. The van der Waals surface area contributed by atoms with E-state index in [0.29, 0.717) is 20.4 Å². The SMILES string of the molecule is Cc1cc(NC(=O)c2cnn(-c3ccc(Cl)cc3)c2C(F)(F)F)sn1. The van der Waals surface area contributed by atoms with Crippen molar-refractivity contribution in [2.45, 2.75) is 13.1 Å². The monoisotopic (exact) mass is 386 g/mol. The topological polar surface area (TPSA) is 59.8 Å². The smallest absolute Gasteiger partial charge is 0.312 e. The highest BCUT2D eigenvalue weighted by Crippen LogP contribution is 2.34. The van der Waals surface area contributed by atoms with Crippen LogP contribution in [0.3, 0.4) is 0 Å². The summed E-state index contributed by atoms with van der Waals surface area (Å²) in [7, 11) is 0. The Labute approximate surface area is 149 Å².